The topological polar surface area (TPSA) is 51.8 Å². The summed E-state index contributed by atoms with van der Waals surface area (Å²) in [5.41, 5.74) is 7.49. The number of fused-ring (bicyclic) bond motifs is 1. The average Bonchev–Trinajstić information content (AvgIpc) is 3.05. The van der Waals surface area contributed by atoms with Gasteiger partial charge in [0.15, 0.2) is 0 Å². The molecule has 2 N–H and O–H groups in total. The van der Waals surface area contributed by atoms with Crippen LogP contribution >= 0.6 is 22.7 Å². The van der Waals surface area contributed by atoms with Crippen LogP contribution in [0.4, 0.5) is 0 Å². The molecule has 1 aliphatic rings. The number of hydrogen-bond donors (Lipinski definition) is 1. The predicted octanol–water partition coefficient (Wildman–Crippen LogP) is 3.48. The third kappa shape index (κ3) is 2.11. The molecule has 18 heavy (non-hydrogen) atoms. The van der Waals surface area contributed by atoms with Crippen LogP contribution in [-0.2, 0) is 6.42 Å². The summed E-state index contributed by atoms with van der Waals surface area (Å²) in [5.74, 6) is 0.454. The number of hydrogen-bond acceptors (Lipinski definition) is 5. The van der Waals surface area contributed by atoms with Gasteiger partial charge in [-0.05, 0) is 42.7 Å². The van der Waals surface area contributed by atoms with Crippen molar-refractivity contribution < 1.29 is 0 Å². The van der Waals surface area contributed by atoms with Crippen LogP contribution in [0.2, 0.25) is 0 Å². The summed E-state index contributed by atoms with van der Waals surface area (Å²) in [4.78, 5) is 1.53. The summed E-state index contributed by atoms with van der Waals surface area (Å²) in [6.45, 7) is 2.09. The SMILES string of the molecule is CCC(N)c1nnc(C2CCCc3sccc32)s1. The van der Waals surface area contributed by atoms with Crippen molar-refractivity contribution in [1.82, 2.24) is 10.2 Å². The van der Waals surface area contributed by atoms with Crippen molar-refractivity contribution in [2.75, 3.05) is 0 Å². The van der Waals surface area contributed by atoms with Crippen LogP contribution in [0, 0.1) is 0 Å². The van der Waals surface area contributed by atoms with Gasteiger partial charge in [0.05, 0.1) is 6.04 Å². The number of aryl methyl sites for hydroxylation is 1. The van der Waals surface area contributed by atoms with Gasteiger partial charge in [0, 0.05) is 10.8 Å². The van der Waals surface area contributed by atoms with Crippen molar-refractivity contribution in [3.05, 3.63) is 31.9 Å². The molecule has 5 heteroatoms. The molecule has 0 saturated carbocycles. The van der Waals surface area contributed by atoms with Crippen molar-refractivity contribution in [3.8, 4) is 0 Å². The van der Waals surface area contributed by atoms with Crippen LogP contribution in [0.5, 0.6) is 0 Å². The van der Waals surface area contributed by atoms with E-state index in [0.29, 0.717) is 5.92 Å². The summed E-state index contributed by atoms with van der Waals surface area (Å²) < 4.78 is 0. The van der Waals surface area contributed by atoms with Gasteiger partial charge in [0.25, 0.3) is 0 Å². The van der Waals surface area contributed by atoms with Crippen molar-refractivity contribution in [2.24, 2.45) is 5.73 Å². The van der Waals surface area contributed by atoms with Crippen LogP contribution in [0.1, 0.15) is 58.6 Å². The standard InChI is InChI=1S/C13H17N3S2/c1-2-10(14)13-16-15-12(18-13)9-4-3-5-11-8(9)6-7-17-11/h6-7,9-10H,2-5,14H2,1H3. The molecule has 0 aromatic carbocycles. The summed E-state index contributed by atoms with van der Waals surface area (Å²) in [6.07, 6.45) is 4.60. The summed E-state index contributed by atoms with van der Waals surface area (Å²) in [6, 6.07) is 2.30. The number of nitrogens with two attached hydrogens (primary N) is 1. The van der Waals surface area contributed by atoms with Crippen molar-refractivity contribution in [1.29, 1.82) is 0 Å². The highest BCUT2D eigenvalue weighted by Gasteiger charge is 2.26. The van der Waals surface area contributed by atoms with Gasteiger partial charge >= 0.3 is 0 Å². The Labute approximate surface area is 115 Å². The van der Waals surface area contributed by atoms with Gasteiger partial charge in [-0.25, -0.2) is 0 Å². The van der Waals surface area contributed by atoms with Gasteiger partial charge in [-0.15, -0.1) is 21.5 Å². The van der Waals surface area contributed by atoms with Crippen LogP contribution in [0.25, 0.3) is 0 Å². The molecule has 2 aromatic heterocycles. The lowest BCUT2D eigenvalue weighted by Gasteiger charge is -2.19. The highest BCUT2D eigenvalue weighted by Crippen LogP contribution is 2.40. The Morgan fingerprint density at radius 3 is 3.22 bits per heavy atom. The third-order valence-corrected chi connectivity index (χ3v) is 5.73. The lowest BCUT2D eigenvalue weighted by atomic mass is 9.88. The van der Waals surface area contributed by atoms with Crippen LogP contribution in [0.3, 0.4) is 0 Å². The minimum Gasteiger partial charge on any atom is -0.322 e. The zero-order valence-electron chi connectivity index (χ0n) is 10.4. The van der Waals surface area contributed by atoms with Crippen molar-refractivity contribution in [2.45, 2.75) is 44.6 Å². The molecule has 96 valence electrons. The molecule has 0 aliphatic heterocycles. The van der Waals surface area contributed by atoms with E-state index in [1.165, 1.54) is 29.7 Å². The van der Waals surface area contributed by atoms with Gasteiger partial charge < -0.3 is 5.73 Å². The maximum atomic E-state index is 6.02. The van der Waals surface area contributed by atoms with Crippen LogP contribution in [-0.4, -0.2) is 10.2 Å². The van der Waals surface area contributed by atoms with Gasteiger partial charge in [0.2, 0.25) is 0 Å². The fourth-order valence-corrected chi connectivity index (χ4v) is 4.52. The maximum Gasteiger partial charge on any atom is 0.134 e. The zero-order valence-corrected chi connectivity index (χ0v) is 12.1. The second-order valence-corrected chi connectivity index (χ2v) is 6.78. The first kappa shape index (κ1) is 12.3. The fraction of sp³-hybridized carbons (Fsp3) is 0.538. The van der Waals surface area contributed by atoms with Gasteiger partial charge in [-0.2, -0.15) is 0 Å². The normalized spacial score (nSPS) is 20.7. The first-order valence-electron chi connectivity index (χ1n) is 6.44. The Hall–Kier alpha value is -0.780. The smallest absolute Gasteiger partial charge is 0.134 e. The Morgan fingerprint density at radius 2 is 2.39 bits per heavy atom. The molecular formula is C13H17N3S2. The molecule has 2 unspecified atom stereocenters. The summed E-state index contributed by atoms with van der Waals surface area (Å²) in [5, 5.41) is 13.0. The molecule has 1 aliphatic carbocycles. The molecule has 0 amide bonds. The summed E-state index contributed by atoms with van der Waals surface area (Å²) >= 11 is 3.57. The molecule has 2 atom stereocenters. The fourth-order valence-electron chi connectivity index (χ4n) is 2.45. The van der Waals surface area contributed by atoms with E-state index in [9.17, 15) is 0 Å². The van der Waals surface area contributed by atoms with E-state index < -0.39 is 0 Å². The van der Waals surface area contributed by atoms with E-state index in [-0.39, 0.29) is 6.04 Å². The van der Waals surface area contributed by atoms with Crippen molar-refractivity contribution in [3.63, 3.8) is 0 Å². The first-order chi connectivity index (χ1) is 8.79. The third-order valence-electron chi connectivity index (χ3n) is 3.56. The van der Waals surface area contributed by atoms with E-state index in [0.717, 1.165) is 16.4 Å². The molecule has 2 heterocycles. The predicted molar refractivity (Wildman–Crippen MR) is 76.2 cm³/mol. The average molecular weight is 279 g/mol. The Balaban J connectivity index is 1.90. The lowest BCUT2D eigenvalue weighted by Crippen LogP contribution is -2.08. The minimum atomic E-state index is 0.0433. The molecule has 0 radical (unpaired) electrons. The molecule has 0 saturated heterocycles. The van der Waals surface area contributed by atoms with Gasteiger partial charge in [-0.3, -0.25) is 0 Å². The molecule has 2 aromatic rings. The number of aromatic nitrogens is 2. The Kier molecular flexibility index (Phi) is 3.46. The Morgan fingerprint density at radius 1 is 1.50 bits per heavy atom. The first-order valence-corrected chi connectivity index (χ1v) is 8.14. The second-order valence-electron chi connectivity index (χ2n) is 4.74. The molecule has 0 bridgehead atoms. The van der Waals surface area contributed by atoms with Crippen molar-refractivity contribution >= 4 is 22.7 Å². The minimum absolute atomic E-state index is 0.0433. The zero-order chi connectivity index (χ0) is 12.5. The molecule has 3 nitrogen and oxygen atoms in total. The van der Waals surface area contributed by atoms with Crippen LogP contribution < -0.4 is 5.73 Å². The van der Waals surface area contributed by atoms with Crippen LogP contribution in [0.15, 0.2) is 11.4 Å². The molecule has 0 fully saturated rings. The number of rotatable bonds is 3. The highest BCUT2D eigenvalue weighted by molar-refractivity contribution is 7.11. The van der Waals surface area contributed by atoms with E-state index in [2.05, 4.69) is 28.6 Å². The highest BCUT2D eigenvalue weighted by atomic mass is 32.1. The van der Waals surface area contributed by atoms with E-state index in [1.807, 2.05) is 11.3 Å². The summed E-state index contributed by atoms with van der Waals surface area (Å²) in [7, 11) is 0. The van der Waals surface area contributed by atoms with E-state index in [4.69, 9.17) is 5.73 Å². The van der Waals surface area contributed by atoms with E-state index >= 15 is 0 Å². The second kappa shape index (κ2) is 5.07. The molecule has 0 spiro atoms. The quantitative estimate of drug-likeness (QED) is 0.936. The molecular weight excluding hydrogens is 262 g/mol. The van der Waals surface area contributed by atoms with Gasteiger partial charge in [0.1, 0.15) is 10.0 Å². The maximum absolute atomic E-state index is 6.02. The van der Waals surface area contributed by atoms with E-state index in [1.54, 1.807) is 11.3 Å². The number of thiophene rings is 1. The number of nitrogens with zero attached hydrogens (tertiary/aromatic N) is 2. The monoisotopic (exact) mass is 279 g/mol. The molecule has 3 rings (SSSR count). The lowest BCUT2D eigenvalue weighted by molar-refractivity contribution is 0.615. The van der Waals surface area contributed by atoms with Gasteiger partial charge in [-0.1, -0.05) is 18.3 Å². The Bertz CT molecular complexity index is 532. The largest absolute Gasteiger partial charge is 0.322 e.